The SMILES string of the molecule is CCNC#N. The van der Waals surface area contributed by atoms with E-state index in [1.807, 2.05) is 6.92 Å². The molecule has 0 aromatic carbocycles. The van der Waals surface area contributed by atoms with Crippen molar-refractivity contribution in [1.29, 1.82) is 5.26 Å². The molecule has 0 radical (unpaired) electrons. The van der Waals surface area contributed by atoms with Crippen LogP contribution >= 0.6 is 0 Å². The van der Waals surface area contributed by atoms with Crippen molar-refractivity contribution >= 4 is 0 Å². The zero-order chi connectivity index (χ0) is 4.12. The number of rotatable bonds is 1. The van der Waals surface area contributed by atoms with Crippen molar-refractivity contribution in [2.24, 2.45) is 0 Å². The van der Waals surface area contributed by atoms with E-state index in [0.717, 1.165) is 6.54 Å². The minimum atomic E-state index is 0.733. The maximum Gasteiger partial charge on any atom is 0.176 e. The van der Waals surface area contributed by atoms with Crippen LogP contribution in [0.4, 0.5) is 0 Å². The highest BCUT2D eigenvalue weighted by Crippen LogP contribution is 1.40. The molecule has 0 aliphatic carbocycles. The Morgan fingerprint density at radius 1 is 2.00 bits per heavy atom. The molecule has 5 heavy (non-hydrogen) atoms. The Morgan fingerprint density at radius 2 is 2.60 bits per heavy atom. The van der Waals surface area contributed by atoms with Crippen molar-refractivity contribution in [3.8, 4) is 6.19 Å². The standard InChI is InChI=1S/C3H6N2/c1-2-5-3-4/h5H,2H2,1H3. The Morgan fingerprint density at radius 3 is 2.60 bits per heavy atom. The van der Waals surface area contributed by atoms with Gasteiger partial charge in [-0.15, -0.1) is 0 Å². The van der Waals surface area contributed by atoms with Crippen LogP contribution in [-0.2, 0) is 0 Å². The molecule has 0 amide bonds. The number of nitrogens with one attached hydrogen (secondary N) is 1. The van der Waals surface area contributed by atoms with Crippen molar-refractivity contribution in [1.82, 2.24) is 5.32 Å². The van der Waals surface area contributed by atoms with Crippen molar-refractivity contribution in [3.63, 3.8) is 0 Å². The van der Waals surface area contributed by atoms with E-state index in [4.69, 9.17) is 5.26 Å². The first kappa shape index (κ1) is 4.29. The molecule has 2 heteroatoms. The van der Waals surface area contributed by atoms with E-state index < -0.39 is 0 Å². The van der Waals surface area contributed by atoms with Gasteiger partial charge in [0.1, 0.15) is 0 Å². The van der Waals surface area contributed by atoms with Crippen molar-refractivity contribution in [2.45, 2.75) is 6.92 Å². The van der Waals surface area contributed by atoms with Gasteiger partial charge in [-0.2, -0.15) is 5.26 Å². The van der Waals surface area contributed by atoms with Gasteiger partial charge < -0.3 is 5.32 Å². The van der Waals surface area contributed by atoms with Gasteiger partial charge in [-0.3, -0.25) is 0 Å². The monoisotopic (exact) mass is 70.1 g/mol. The largest absolute Gasteiger partial charge is 0.324 e. The highest BCUT2D eigenvalue weighted by molar-refractivity contribution is 4.60. The number of nitrogens with zero attached hydrogens (tertiary/aromatic N) is 1. The van der Waals surface area contributed by atoms with E-state index >= 15 is 0 Å². The third-order valence-corrected chi connectivity index (χ3v) is 0.256. The van der Waals surface area contributed by atoms with Crippen LogP contribution in [0.1, 0.15) is 6.92 Å². The maximum absolute atomic E-state index is 7.71. The molecule has 0 aliphatic heterocycles. The van der Waals surface area contributed by atoms with Crippen LogP contribution in [0.2, 0.25) is 0 Å². The molecule has 0 atom stereocenters. The lowest BCUT2D eigenvalue weighted by atomic mass is 10.8. The molecule has 0 aromatic heterocycles. The van der Waals surface area contributed by atoms with Gasteiger partial charge in [-0.25, -0.2) is 0 Å². The molecular weight excluding hydrogens is 64.0 g/mol. The Kier molecular flexibility index (Phi) is 2.82. The van der Waals surface area contributed by atoms with Gasteiger partial charge in [0.05, 0.1) is 0 Å². The average Bonchev–Trinajstić information content (AvgIpc) is 1.41. The summed E-state index contributed by atoms with van der Waals surface area (Å²) in [6.07, 6.45) is 1.77. The van der Waals surface area contributed by atoms with E-state index in [0.29, 0.717) is 0 Å². The number of hydrogen-bond donors (Lipinski definition) is 1. The second-order valence-corrected chi connectivity index (χ2v) is 0.642. The van der Waals surface area contributed by atoms with Gasteiger partial charge in [0.2, 0.25) is 0 Å². The van der Waals surface area contributed by atoms with Crippen molar-refractivity contribution in [3.05, 3.63) is 0 Å². The summed E-state index contributed by atoms with van der Waals surface area (Å²) < 4.78 is 0. The fourth-order valence-corrected chi connectivity index (χ4v) is 0.0791. The fourth-order valence-electron chi connectivity index (χ4n) is 0.0791. The third kappa shape index (κ3) is 3.29. The third-order valence-electron chi connectivity index (χ3n) is 0.256. The zero-order valence-electron chi connectivity index (χ0n) is 3.15. The lowest BCUT2D eigenvalue weighted by Crippen LogP contribution is -2.00. The second kappa shape index (κ2) is 3.29. The molecule has 0 aromatic rings. The summed E-state index contributed by atoms with van der Waals surface area (Å²) in [4.78, 5) is 0. The molecule has 0 bridgehead atoms. The first-order valence-corrected chi connectivity index (χ1v) is 1.53. The number of hydrogen-bond acceptors (Lipinski definition) is 2. The van der Waals surface area contributed by atoms with Gasteiger partial charge in [-0.05, 0) is 6.92 Å². The highest BCUT2D eigenvalue weighted by atomic mass is 14.8. The van der Waals surface area contributed by atoms with E-state index in [2.05, 4.69) is 5.32 Å². The molecule has 1 N–H and O–H groups in total. The van der Waals surface area contributed by atoms with Gasteiger partial charge >= 0.3 is 0 Å². The van der Waals surface area contributed by atoms with E-state index in [-0.39, 0.29) is 0 Å². The molecule has 0 heterocycles. The van der Waals surface area contributed by atoms with Crippen LogP contribution in [-0.4, -0.2) is 6.54 Å². The predicted octanol–water partition coefficient (Wildman–Crippen LogP) is 0.0770. The summed E-state index contributed by atoms with van der Waals surface area (Å²) >= 11 is 0. The Bertz CT molecular complexity index is 43.3. The van der Waals surface area contributed by atoms with Crippen LogP contribution in [0, 0.1) is 11.5 Å². The summed E-state index contributed by atoms with van der Waals surface area (Å²) in [7, 11) is 0. The first-order valence-electron chi connectivity index (χ1n) is 1.53. The van der Waals surface area contributed by atoms with Crippen molar-refractivity contribution in [2.75, 3.05) is 6.54 Å². The van der Waals surface area contributed by atoms with E-state index in [1.54, 1.807) is 6.19 Å². The Labute approximate surface area is 31.4 Å². The fraction of sp³-hybridized carbons (Fsp3) is 0.667. The summed E-state index contributed by atoms with van der Waals surface area (Å²) in [5, 5.41) is 10.1. The molecule has 0 spiro atoms. The zero-order valence-corrected chi connectivity index (χ0v) is 3.15. The molecule has 28 valence electrons. The van der Waals surface area contributed by atoms with Crippen LogP contribution in [0.15, 0.2) is 0 Å². The highest BCUT2D eigenvalue weighted by Gasteiger charge is 1.58. The quantitative estimate of drug-likeness (QED) is 0.350. The van der Waals surface area contributed by atoms with E-state index in [1.165, 1.54) is 0 Å². The molecule has 0 rings (SSSR count). The molecule has 0 fully saturated rings. The van der Waals surface area contributed by atoms with Gasteiger partial charge in [0.25, 0.3) is 0 Å². The minimum Gasteiger partial charge on any atom is -0.324 e. The lowest BCUT2D eigenvalue weighted by Gasteiger charge is -1.75. The maximum atomic E-state index is 7.71. The van der Waals surface area contributed by atoms with Gasteiger partial charge in [0.15, 0.2) is 6.19 Å². The first-order chi connectivity index (χ1) is 2.41. The summed E-state index contributed by atoms with van der Waals surface area (Å²) in [5.74, 6) is 0. The topological polar surface area (TPSA) is 35.8 Å². The van der Waals surface area contributed by atoms with Crippen molar-refractivity contribution < 1.29 is 0 Å². The second-order valence-electron chi connectivity index (χ2n) is 0.642. The predicted molar refractivity (Wildman–Crippen MR) is 19.3 cm³/mol. The van der Waals surface area contributed by atoms with Gasteiger partial charge in [0, 0.05) is 6.54 Å². The average molecular weight is 70.1 g/mol. The van der Waals surface area contributed by atoms with Gasteiger partial charge in [-0.1, -0.05) is 0 Å². The summed E-state index contributed by atoms with van der Waals surface area (Å²) in [5.41, 5.74) is 0. The smallest absolute Gasteiger partial charge is 0.176 e. The summed E-state index contributed by atoms with van der Waals surface area (Å²) in [6, 6.07) is 0. The molecule has 2 nitrogen and oxygen atoms in total. The lowest BCUT2D eigenvalue weighted by molar-refractivity contribution is 0.934. The molecule has 0 saturated heterocycles. The Balaban J connectivity index is 2.48. The normalized spacial score (nSPS) is 5.60. The Hall–Kier alpha value is -0.710. The van der Waals surface area contributed by atoms with Crippen LogP contribution in [0.25, 0.3) is 0 Å². The van der Waals surface area contributed by atoms with Crippen LogP contribution in [0.5, 0.6) is 0 Å². The number of nitriles is 1. The molecule has 0 aliphatic rings. The van der Waals surface area contributed by atoms with E-state index in [9.17, 15) is 0 Å². The van der Waals surface area contributed by atoms with Crippen LogP contribution < -0.4 is 5.32 Å². The summed E-state index contributed by atoms with van der Waals surface area (Å²) in [6.45, 7) is 2.61. The molecular formula is C3H6N2. The minimum absolute atomic E-state index is 0.733. The molecule has 0 saturated carbocycles. The van der Waals surface area contributed by atoms with Crippen LogP contribution in [0.3, 0.4) is 0 Å². The molecule has 0 unspecified atom stereocenters.